The summed E-state index contributed by atoms with van der Waals surface area (Å²) in [5, 5.41) is 22.6. The number of phenolic OH excluding ortho intramolecular Hbond substituents is 1. The zero-order valence-electron chi connectivity index (χ0n) is 19.6. The van der Waals surface area contributed by atoms with Gasteiger partial charge < -0.3 is 26.0 Å². The summed E-state index contributed by atoms with van der Waals surface area (Å²) in [6.45, 7) is 0.878. The van der Waals surface area contributed by atoms with Gasteiger partial charge in [-0.15, -0.1) is 0 Å². The van der Waals surface area contributed by atoms with Crippen LogP contribution >= 0.6 is 0 Å². The van der Waals surface area contributed by atoms with Crippen molar-refractivity contribution in [3.63, 3.8) is 0 Å². The van der Waals surface area contributed by atoms with Crippen molar-refractivity contribution in [3.8, 4) is 17.6 Å². The number of amides is 1. The van der Waals surface area contributed by atoms with E-state index in [2.05, 4.69) is 22.1 Å². The lowest BCUT2D eigenvalue weighted by Crippen LogP contribution is -2.40. The molecular formula is C27H29N3O5. The van der Waals surface area contributed by atoms with Crippen LogP contribution in [0.15, 0.2) is 48.5 Å². The van der Waals surface area contributed by atoms with Gasteiger partial charge in [0.1, 0.15) is 11.4 Å². The smallest absolute Gasteiger partial charge is 0.336 e. The number of phenols is 1. The molecule has 5 N–H and O–H groups in total. The van der Waals surface area contributed by atoms with Crippen LogP contribution in [0.1, 0.15) is 51.2 Å². The minimum absolute atomic E-state index is 0.00216. The summed E-state index contributed by atoms with van der Waals surface area (Å²) in [5.41, 5.74) is 7.45. The predicted molar refractivity (Wildman–Crippen MR) is 133 cm³/mol. The number of carbonyl (C=O) groups is 2. The summed E-state index contributed by atoms with van der Waals surface area (Å²) in [4.78, 5) is 29.4. The Morgan fingerprint density at radius 1 is 1.14 bits per heavy atom. The van der Waals surface area contributed by atoms with Gasteiger partial charge in [-0.1, -0.05) is 24.0 Å². The fourth-order valence-electron chi connectivity index (χ4n) is 3.65. The van der Waals surface area contributed by atoms with E-state index in [1.54, 1.807) is 42.5 Å². The van der Waals surface area contributed by atoms with Crippen molar-refractivity contribution in [2.75, 3.05) is 20.3 Å². The molecule has 8 heteroatoms. The lowest BCUT2D eigenvalue weighted by atomic mass is 10.0. The van der Waals surface area contributed by atoms with Gasteiger partial charge in [-0.3, -0.25) is 4.79 Å². The number of hydrogen-bond acceptors (Lipinski definition) is 6. The number of ether oxygens (including phenoxy) is 1. The molecular weight excluding hydrogens is 446 g/mol. The Morgan fingerprint density at radius 3 is 2.60 bits per heavy atom. The molecule has 0 spiro atoms. The molecule has 1 atom stereocenters. The molecule has 0 aliphatic carbocycles. The van der Waals surface area contributed by atoms with Crippen molar-refractivity contribution in [1.82, 2.24) is 10.3 Å². The maximum atomic E-state index is 13.0. The highest BCUT2D eigenvalue weighted by Crippen LogP contribution is 2.21. The number of methoxy groups -OCH3 is 1. The van der Waals surface area contributed by atoms with E-state index < -0.39 is 11.9 Å². The van der Waals surface area contributed by atoms with Crippen molar-refractivity contribution in [3.05, 3.63) is 70.9 Å². The Hall–Kier alpha value is -3.93. The van der Waals surface area contributed by atoms with Crippen LogP contribution in [-0.4, -0.2) is 53.4 Å². The van der Waals surface area contributed by atoms with Crippen molar-refractivity contribution in [1.29, 1.82) is 0 Å². The van der Waals surface area contributed by atoms with E-state index >= 15 is 0 Å². The molecule has 3 aromatic rings. The molecule has 0 aliphatic rings. The summed E-state index contributed by atoms with van der Waals surface area (Å²) < 4.78 is 5.24. The molecule has 35 heavy (non-hydrogen) atoms. The zero-order valence-corrected chi connectivity index (χ0v) is 19.6. The van der Waals surface area contributed by atoms with E-state index in [1.807, 2.05) is 0 Å². The van der Waals surface area contributed by atoms with Gasteiger partial charge in [0.2, 0.25) is 0 Å². The molecule has 1 aromatic heterocycles. The molecule has 0 radical (unpaired) electrons. The first-order valence-corrected chi connectivity index (χ1v) is 11.4. The number of benzene rings is 2. The lowest BCUT2D eigenvalue weighted by Gasteiger charge is -2.18. The highest BCUT2D eigenvalue weighted by molar-refractivity contribution is 6.06. The van der Waals surface area contributed by atoms with E-state index in [4.69, 9.17) is 10.5 Å². The summed E-state index contributed by atoms with van der Waals surface area (Å²) in [5.74, 6) is 4.62. The number of aromatic hydroxyl groups is 1. The number of rotatable bonds is 10. The number of fused-ring (bicyclic) bond motifs is 1. The van der Waals surface area contributed by atoms with Crippen LogP contribution < -0.4 is 11.1 Å². The van der Waals surface area contributed by atoms with Crippen LogP contribution in [0.3, 0.4) is 0 Å². The zero-order chi connectivity index (χ0) is 25.2. The Morgan fingerprint density at radius 2 is 1.91 bits per heavy atom. The van der Waals surface area contributed by atoms with Gasteiger partial charge in [0.05, 0.1) is 23.7 Å². The second-order valence-electron chi connectivity index (χ2n) is 8.14. The molecule has 3 rings (SSSR count). The standard InChI is InChI=1S/C27H29N3O5/c1-35-17-20(14-19-7-10-21(31)11-8-19)29-26(32)25-16-23(27(33)34)22-15-18(9-12-24(22)30-25)6-4-2-3-5-13-28/h7-12,15-16,20,31H,2-3,5,13-14,17,28H2,1H3,(H,29,32)(H,33,34)/t20-/m0/s1. The third-order valence-electron chi connectivity index (χ3n) is 5.38. The van der Waals surface area contributed by atoms with Gasteiger partial charge in [-0.2, -0.15) is 0 Å². The number of unbranched alkanes of at least 4 members (excludes halogenated alkanes) is 2. The average molecular weight is 476 g/mol. The quantitative estimate of drug-likeness (QED) is 0.261. The number of aromatic carboxylic acids is 1. The van der Waals surface area contributed by atoms with Gasteiger partial charge in [0.15, 0.2) is 0 Å². The number of nitrogens with two attached hydrogens (primary N) is 1. The Labute approximate surface area is 204 Å². The lowest BCUT2D eigenvalue weighted by molar-refractivity contribution is 0.0699. The first kappa shape index (κ1) is 25.7. The van der Waals surface area contributed by atoms with Gasteiger partial charge in [-0.25, -0.2) is 9.78 Å². The molecule has 2 aromatic carbocycles. The maximum absolute atomic E-state index is 13.0. The number of nitrogens with zero attached hydrogens (tertiary/aromatic N) is 1. The normalized spacial score (nSPS) is 11.5. The summed E-state index contributed by atoms with van der Waals surface area (Å²) in [6, 6.07) is 12.7. The Balaban J connectivity index is 1.84. The number of hydrogen-bond donors (Lipinski definition) is 4. The molecule has 0 fully saturated rings. The fraction of sp³-hybridized carbons (Fsp3) is 0.296. The summed E-state index contributed by atoms with van der Waals surface area (Å²) >= 11 is 0. The largest absolute Gasteiger partial charge is 0.508 e. The minimum Gasteiger partial charge on any atom is -0.508 e. The van der Waals surface area contributed by atoms with Crippen LogP contribution in [0.5, 0.6) is 5.75 Å². The van der Waals surface area contributed by atoms with E-state index in [-0.39, 0.29) is 29.7 Å². The third kappa shape index (κ3) is 7.27. The number of pyridine rings is 1. The molecule has 182 valence electrons. The third-order valence-corrected chi connectivity index (χ3v) is 5.38. The highest BCUT2D eigenvalue weighted by Gasteiger charge is 2.19. The van der Waals surface area contributed by atoms with Crippen LogP contribution in [0, 0.1) is 11.8 Å². The topological polar surface area (TPSA) is 135 Å². The van der Waals surface area contributed by atoms with Crippen molar-refractivity contribution in [2.24, 2.45) is 5.73 Å². The molecule has 0 saturated carbocycles. The summed E-state index contributed by atoms with van der Waals surface area (Å²) in [7, 11) is 1.53. The van der Waals surface area contributed by atoms with E-state index in [0.717, 1.165) is 18.4 Å². The van der Waals surface area contributed by atoms with Gasteiger partial charge in [0, 0.05) is 24.5 Å². The van der Waals surface area contributed by atoms with Crippen molar-refractivity contribution in [2.45, 2.75) is 31.7 Å². The van der Waals surface area contributed by atoms with Crippen molar-refractivity contribution < 1.29 is 24.5 Å². The molecule has 0 saturated heterocycles. The van der Waals surface area contributed by atoms with Gasteiger partial charge in [-0.05, 0) is 67.8 Å². The molecule has 0 aliphatic heterocycles. The molecule has 1 heterocycles. The SMILES string of the molecule is COC[C@H](Cc1ccc(O)cc1)NC(=O)c1cc(C(=O)O)c2cc(C#CCCCCN)ccc2n1. The molecule has 1 amide bonds. The number of carboxylic acid groups (broad SMARTS) is 1. The Bertz CT molecular complexity index is 1250. The van der Waals surface area contributed by atoms with Crippen LogP contribution in [-0.2, 0) is 11.2 Å². The first-order chi connectivity index (χ1) is 16.9. The minimum atomic E-state index is -1.16. The second-order valence-corrected chi connectivity index (χ2v) is 8.14. The van der Waals surface area contributed by atoms with Gasteiger partial charge in [0.25, 0.3) is 5.91 Å². The van der Waals surface area contributed by atoms with Crippen molar-refractivity contribution >= 4 is 22.8 Å². The van der Waals surface area contributed by atoms with E-state index in [1.165, 1.54) is 13.2 Å². The molecule has 0 bridgehead atoms. The predicted octanol–water partition coefficient (Wildman–Crippen LogP) is 3.11. The van der Waals surface area contributed by atoms with Crippen LogP contribution in [0.25, 0.3) is 10.9 Å². The summed E-state index contributed by atoms with van der Waals surface area (Å²) in [6.07, 6.45) is 3.00. The number of nitrogens with one attached hydrogen (secondary N) is 1. The average Bonchev–Trinajstić information content (AvgIpc) is 2.84. The molecule has 8 nitrogen and oxygen atoms in total. The highest BCUT2D eigenvalue weighted by atomic mass is 16.5. The molecule has 0 unspecified atom stereocenters. The van der Waals surface area contributed by atoms with E-state index in [0.29, 0.717) is 35.9 Å². The van der Waals surface area contributed by atoms with E-state index in [9.17, 15) is 19.8 Å². The first-order valence-electron chi connectivity index (χ1n) is 11.4. The monoisotopic (exact) mass is 475 g/mol. The fourth-order valence-corrected chi connectivity index (χ4v) is 3.65. The van der Waals surface area contributed by atoms with Crippen LogP contribution in [0.2, 0.25) is 0 Å². The Kier molecular flexibility index (Phi) is 9.18. The van der Waals surface area contributed by atoms with Crippen LogP contribution in [0.4, 0.5) is 0 Å². The maximum Gasteiger partial charge on any atom is 0.336 e. The second kappa shape index (κ2) is 12.5. The number of carbonyl (C=O) groups excluding carboxylic acids is 1. The number of carboxylic acids is 1. The number of aromatic nitrogens is 1. The van der Waals surface area contributed by atoms with Gasteiger partial charge >= 0.3 is 5.97 Å².